The van der Waals surface area contributed by atoms with Gasteiger partial charge in [0.05, 0.1) is 5.54 Å². The summed E-state index contributed by atoms with van der Waals surface area (Å²) in [6.45, 7) is 11.2. The highest BCUT2D eigenvalue weighted by atomic mass is 35.5. The Morgan fingerprint density at radius 2 is 1.81 bits per heavy atom. The fourth-order valence-corrected chi connectivity index (χ4v) is 1.54. The highest BCUT2D eigenvalue weighted by Crippen LogP contribution is 2.22. The molecule has 16 heavy (non-hydrogen) atoms. The van der Waals surface area contributed by atoms with Crippen molar-refractivity contribution in [3.05, 3.63) is 12.2 Å². The molecule has 0 aliphatic carbocycles. The van der Waals surface area contributed by atoms with Crippen LogP contribution in [-0.2, 0) is 9.53 Å². The van der Waals surface area contributed by atoms with Crippen molar-refractivity contribution >= 4 is 18.4 Å². The molecule has 0 aromatic carbocycles. The number of hydrogen-bond acceptors (Lipinski definition) is 3. The third-order valence-corrected chi connectivity index (χ3v) is 2.93. The molecule has 96 valence electrons. The van der Waals surface area contributed by atoms with Crippen LogP contribution in [0.1, 0.15) is 47.0 Å². The molecule has 0 aromatic heterocycles. The first-order chi connectivity index (χ1) is 6.91. The second kappa shape index (κ2) is 7.69. The van der Waals surface area contributed by atoms with E-state index >= 15 is 0 Å². The zero-order chi connectivity index (χ0) is 12.1. The van der Waals surface area contributed by atoms with Gasteiger partial charge in [-0.25, -0.2) is 4.79 Å². The van der Waals surface area contributed by atoms with Gasteiger partial charge in [0.1, 0.15) is 6.10 Å². The number of hydrogen-bond donors (Lipinski definition) is 1. The van der Waals surface area contributed by atoms with Crippen LogP contribution < -0.4 is 5.73 Å². The molecule has 0 bridgehead atoms. The second-order valence-electron chi connectivity index (χ2n) is 4.02. The lowest BCUT2D eigenvalue weighted by molar-refractivity contribution is -0.148. The van der Waals surface area contributed by atoms with Crippen molar-refractivity contribution in [3.8, 4) is 0 Å². The molecule has 4 heteroatoms. The standard InChI is InChI=1S/C12H23NO2.ClH/c1-6-10(12(13,7-2)8-3)15-11(14)9(4)5;/h10H,4,6-8,13H2,1-3,5H3;1H. The molecule has 0 radical (unpaired) electrons. The number of ether oxygens (including phenoxy) is 1. The van der Waals surface area contributed by atoms with Crippen LogP contribution in [0.3, 0.4) is 0 Å². The fourth-order valence-electron chi connectivity index (χ4n) is 1.54. The topological polar surface area (TPSA) is 52.3 Å². The van der Waals surface area contributed by atoms with Crippen molar-refractivity contribution in [1.29, 1.82) is 0 Å². The Kier molecular flexibility index (Phi) is 8.57. The Balaban J connectivity index is 0. The van der Waals surface area contributed by atoms with E-state index in [1.54, 1.807) is 6.92 Å². The Morgan fingerprint density at radius 1 is 1.38 bits per heavy atom. The molecule has 0 saturated carbocycles. The van der Waals surface area contributed by atoms with Gasteiger partial charge in [-0.15, -0.1) is 12.4 Å². The van der Waals surface area contributed by atoms with E-state index in [0.717, 1.165) is 19.3 Å². The predicted molar refractivity (Wildman–Crippen MR) is 69.7 cm³/mol. The van der Waals surface area contributed by atoms with E-state index in [-0.39, 0.29) is 24.5 Å². The minimum absolute atomic E-state index is 0. The van der Waals surface area contributed by atoms with Crippen molar-refractivity contribution in [3.63, 3.8) is 0 Å². The van der Waals surface area contributed by atoms with Gasteiger partial charge in [0.25, 0.3) is 0 Å². The van der Waals surface area contributed by atoms with Crippen LogP contribution in [0.25, 0.3) is 0 Å². The van der Waals surface area contributed by atoms with Crippen LogP contribution in [0.5, 0.6) is 0 Å². The van der Waals surface area contributed by atoms with Gasteiger partial charge < -0.3 is 10.5 Å². The molecule has 0 amide bonds. The van der Waals surface area contributed by atoms with Gasteiger partial charge in [0.2, 0.25) is 0 Å². The molecule has 0 aliphatic rings. The van der Waals surface area contributed by atoms with Gasteiger partial charge in [-0.2, -0.15) is 0 Å². The maximum Gasteiger partial charge on any atom is 0.333 e. The largest absolute Gasteiger partial charge is 0.457 e. The van der Waals surface area contributed by atoms with Crippen LogP contribution in [0.15, 0.2) is 12.2 Å². The molecule has 1 unspecified atom stereocenters. The molecule has 0 aliphatic heterocycles. The number of halogens is 1. The number of carbonyl (C=O) groups is 1. The normalized spacial score (nSPS) is 12.6. The lowest BCUT2D eigenvalue weighted by Crippen LogP contribution is -2.51. The molecular weight excluding hydrogens is 226 g/mol. The molecule has 0 spiro atoms. The lowest BCUT2D eigenvalue weighted by atomic mass is 9.86. The maximum absolute atomic E-state index is 11.4. The van der Waals surface area contributed by atoms with Gasteiger partial charge in [0, 0.05) is 5.57 Å². The van der Waals surface area contributed by atoms with Gasteiger partial charge in [-0.3, -0.25) is 0 Å². The third kappa shape index (κ3) is 4.54. The third-order valence-electron chi connectivity index (χ3n) is 2.93. The smallest absolute Gasteiger partial charge is 0.333 e. The zero-order valence-corrected chi connectivity index (χ0v) is 11.5. The summed E-state index contributed by atoms with van der Waals surface area (Å²) in [4.78, 5) is 11.4. The van der Waals surface area contributed by atoms with E-state index in [0.29, 0.717) is 5.57 Å². The monoisotopic (exact) mass is 249 g/mol. The number of esters is 1. The van der Waals surface area contributed by atoms with E-state index < -0.39 is 5.54 Å². The second-order valence-corrected chi connectivity index (χ2v) is 4.02. The van der Waals surface area contributed by atoms with Crippen LogP contribution in [-0.4, -0.2) is 17.6 Å². The van der Waals surface area contributed by atoms with Gasteiger partial charge in [-0.1, -0.05) is 27.4 Å². The SMILES string of the molecule is C=C(C)C(=O)OC(CC)C(N)(CC)CC.Cl. The van der Waals surface area contributed by atoms with Gasteiger partial charge >= 0.3 is 5.97 Å². The van der Waals surface area contributed by atoms with Crippen molar-refractivity contribution in [1.82, 2.24) is 0 Å². The first kappa shape index (κ1) is 17.8. The highest BCUT2D eigenvalue weighted by molar-refractivity contribution is 5.87. The average molecular weight is 250 g/mol. The summed E-state index contributed by atoms with van der Waals surface area (Å²) < 4.78 is 5.34. The summed E-state index contributed by atoms with van der Waals surface area (Å²) in [6, 6.07) is 0. The number of carbonyl (C=O) groups excluding carboxylic acids is 1. The average Bonchev–Trinajstić information content (AvgIpc) is 2.24. The quantitative estimate of drug-likeness (QED) is 0.582. The molecule has 3 nitrogen and oxygen atoms in total. The van der Waals surface area contributed by atoms with Gasteiger partial charge in [0.15, 0.2) is 0 Å². The van der Waals surface area contributed by atoms with Crippen molar-refractivity contribution in [2.24, 2.45) is 5.73 Å². The Bertz CT molecular complexity index is 237. The minimum atomic E-state index is -0.417. The van der Waals surface area contributed by atoms with Crippen LogP contribution >= 0.6 is 12.4 Å². The van der Waals surface area contributed by atoms with Crippen molar-refractivity contribution in [2.45, 2.75) is 58.6 Å². The molecule has 0 fully saturated rings. The molecular formula is C12H24ClNO2. The summed E-state index contributed by atoms with van der Waals surface area (Å²) in [6.07, 6.45) is 2.10. The zero-order valence-electron chi connectivity index (χ0n) is 10.7. The summed E-state index contributed by atoms with van der Waals surface area (Å²) >= 11 is 0. The summed E-state index contributed by atoms with van der Waals surface area (Å²) in [5.74, 6) is -0.349. The highest BCUT2D eigenvalue weighted by Gasteiger charge is 2.33. The first-order valence-electron chi connectivity index (χ1n) is 5.56. The van der Waals surface area contributed by atoms with Crippen LogP contribution in [0.4, 0.5) is 0 Å². The summed E-state index contributed by atoms with van der Waals surface area (Å²) in [5.41, 5.74) is 6.20. The van der Waals surface area contributed by atoms with Crippen molar-refractivity contribution in [2.75, 3.05) is 0 Å². The van der Waals surface area contributed by atoms with E-state index in [2.05, 4.69) is 6.58 Å². The van der Waals surface area contributed by atoms with E-state index in [9.17, 15) is 4.79 Å². The number of rotatable bonds is 6. The molecule has 0 rings (SSSR count). The summed E-state index contributed by atoms with van der Waals surface area (Å²) in [7, 11) is 0. The van der Waals surface area contributed by atoms with Gasteiger partial charge in [-0.05, 0) is 26.2 Å². The minimum Gasteiger partial charge on any atom is -0.457 e. The van der Waals surface area contributed by atoms with Crippen LogP contribution in [0.2, 0.25) is 0 Å². The van der Waals surface area contributed by atoms with E-state index in [1.807, 2.05) is 20.8 Å². The van der Waals surface area contributed by atoms with Crippen LogP contribution in [0, 0.1) is 0 Å². The predicted octanol–water partition coefficient (Wildman–Crippen LogP) is 2.82. The van der Waals surface area contributed by atoms with E-state index in [1.165, 1.54) is 0 Å². The maximum atomic E-state index is 11.4. The van der Waals surface area contributed by atoms with Crippen molar-refractivity contribution < 1.29 is 9.53 Å². The van der Waals surface area contributed by atoms with E-state index in [4.69, 9.17) is 10.5 Å². The summed E-state index contributed by atoms with van der Waals surface area (Å²) in [5, 5.41) is 0. The first-order valence-corrected chi connectivity index (χ1v) is 5.56. The Labute approximate surface area is 105 Å². The molecule has 0 heterocycles. The molecule has 2 N–H and O–H groups in total. The fraction of sp³-hybridized carbons (Fsp3) is 0.750. The number of nitrogens with two attached hydrogens (primary N) is 1. The molecule has 1 atom stereocenters. The molecule has 0 saturated heterocycles. The Hall–Kier alpha value is -0.540. The Morgan fingerprint density at radius 3 is 2.06 bits per heavy atom. The lowest BCUT2D eigenvalue weighted by Gasteiger charge is -2.34. The molecule has 0 aromatic rings.